The van der Waals surface area contributed by atoms with Gasteiger partial charge in [0.15, 0.2) is 0 Å². The molecule has 70 valence electrons. The molecule has 0 aliphatic rings. The van der Waals surface area contributed by atoms with E-state index in [9.17, 15) is 0 Å². The predicted molar refractivity (Wildman–Crippen MR) is 54.9 cm³/mol. The van der Waals surface area contributed by atoms with Crippen LogP contribution in [0.3, 0.4) is 0 Å². The van der Waals surface area contributed by atoms with Gasteiger partial charge < -0.3 is 0 Å². The summed E-state index contributed by atoms with van der Waals surface area (Å²) in [5, 5.41) is 0. The van der Waals surface area contributed by atoms with Crippen LogP contribution in [0.1, 0.15) is 7.43 Å². The molecule has 0 amide bonds. The molecule has 0 fully saturated rings. The molecule has 0 heterocycles. The third-order valence-corrected chi connectivity index (χ3v) is 9.30. The molecule has 0 radical (unpaired) electrons. The van der Waals surface area contributed by atoms with Crippen LogP contribution in [0, 0.1) is 0 Å². The van der Waals surface area contributed by atoms with Gasteiger partial charge in [-0.25, -0.2) is 0 Å². The van der Waals surface area contributed by atoms with Crippen molar-refractivity contribution in [2.75, 3.05) is 42.3 Å². The number of nitrogens with zero attached hydrogens (tertiary/aromatic N) is 3. The molecule has 0 bridgehead atoms. The SMILES string of the molecule is C.C[N](C)[SnH]([N](C)C)[N](C)C. The van der Waals surface area contributed by atoms with Gasteiger partial charge in [-0.1, -0.05) is 7.43 Å². The first-order valence-electron chi connectivity index (χ1n) is 3.46. The zero-order valence-electron chi connectivity index (χ0n) is 7.92. The van der Waals surface area contributed by atoms with E-state index in [1.54, 1.807) is 0 Å². The Morgan fingerprint density at radius 1 is 0.636 bits per heavy atom. The number of hydrogen-bond acceptors (Lipinski definition) is 3. The van der Waals surface area contributed by atoms with Crippen LogP contribution >= 0.6 is 0 Å². The summed E-state index contributed by atoms with van der Waals surface area (Å²) < 4.78 is 7.13. The molecule has 0 saturated carbocycles. The van der Waals surface area contributed by atoms with Crippen molar-refractivity contribution in [2.45, 2.75) is 7.43 Å². The average Bonchev–Trinajstić information content (AvgIpc) is 1.59. The molecule has 0 spiro atoms. The van der Waals surface area contributed by atoms with E-state index < -0.39 is 20.6 Å². The zero-order valence-corrected chi connectivity index (χ0v) is 11.2. The Kier molecular flexibility index (Phi) is 8.04. The van der Waals surface area contributed by atoms with Crippen LogP contribution in [0.2, 0.25) is 0 Å². The van der Waals surface area contributed by atoms with Crippen molar-refractivity contribution >= 4 is 20.6 Å². The van der Waals surface area contributed by atoms with Crippen LogP contribution in [0.5, 0.6) is 0 Å². The first kappa shape index (κ1) is 14.2. The molecule has 0 atom stereocenters. The second kappa shape index (κ2) is 6.22. The molecule has 0 aliphatic carbocycles. The monoisotopic (exact) mass is 269 g/mol. The van der Waals surface area contributed by atoms with Crippen molar-refractivity contribution in [2.24, 2.45) is 0 Å². The van der Waals surface area contributed by atoms with Gasteiger partial charge in [-0.05, 0) is 0 Å². The summed E-state index contributed by atoms with van der Waals surface area (Å²) in [7, 11) is 13.0. The predicted octanol–water partition coefficient (Wildman–Crippen LogP) is 0.0245. The second-order valence-electron chi connectivity index (χ2n) is 3.24. The van der Waals surface area contributed by atoms with Gasteiger partial charge in [0.2, 0.25) is 0 Å². The second-order valence-corrected chi connectivity index (χ2v) is 14.1. The Balaban J connectivity index is 0. The van der Waals surface area contributed by atoms with Gasteiger partial charge in [-0.3, -0.25) is 0 Å². The fourth-order valence-corrected chi connectivity index (χ4v) is 9.30. The van der Waals surface area contributed by atoms with E-state index in [1.165, 1.54) is 0 Å². The summed E-state index contributed by atoms with van der Waals surface area (Å²) in [5.41, 5.74) is 0. The van der Waals surface area contributed by atoms with Crippen LogP contribution in [-0.4, -0.2) is 72.2 Å². The summed E-state index contributed by atoms with van der Waals surface area (Å²) in [5.74, 6) is 0. The molecule has 0 aromatic heterocycles. The number of hydrogen-bond donors (Lipinski definition) is 0. The van der Waals surface area contributed by atoms with Crippen LogP contribution in [-0.2, 0) is 0 Å². The van der Waals surface area contributed by atoms with Gasteiger partial charge in [0.05, 0.1) is 0 Å². The van der Waals surface area contributed by atoms with Gasteiger partial charge in [0, 0.05) is 0 Å². The van der Waals surface area contributed by atoms with Crippen molar-refractivity contribution in [3.8, 4) is 0 Å². The third-order valence-electron chi connectivity index (χ3n) is 1.39. The number of rotatable bonds is 3. The Hall–Kier alpha value is 0.679. The van der Waals surface area contributed by atoms with E-state index in [4.69, 9.17) is 0 Å². The van der Waals surface area contributed by atoms with E-state index in [2.05, 4.69) is 51.7 Å². The molecule has 3 nitrogen and oxygen atoms in total. The van der Waals surface area contributed by atoms with E-state index >= 15 is 0 Å². The molecule has 0 N–H and O–H groups in total. The van der Waals surface area contributed by atoms with Crippen molar-refractivity contribution < 1.29 is 0 Å². The maximum absolute atomic E-state index is 2.38. The molecule has 0 aromatic carbocycles. The molecule has 0 saturated heterocycles. The first-order valence-corrected chi connectivity index (χ1v) is 7.88. The maximum atomic E-state index is 2.38. The molecular weight excluding hydrogens is 245 g/mol. The molecule has 4 heteroatoms. The minimum absolute atomic E-state index is 0. The Morgan fingerprint density at radius 3 is 0.818 bits per heavy atom. The standard InChI is InChI=1S/3C2H6N.CH4.Sn.H/c3*1-3-2;;;/h3*1-2H3;1H4;;/q3*-1;;+3;. The summed E-state index contributed by atoms with van der Waals surface area (Å²) in [6.45, 7) is 0. The van der Waals surface area contributed by atoms with Crippen LogP contribution < -0.4 is 0 Å². The molecule has 11 heavy (non-hydrogen) atoms. The Morgan fingerprint density at radius 2 is 0.818 bits per heavy atom. The summed E-state index contributed by atoms with van der Waals surface area (Å²) in [6, 6.07) is 0. The van der Waals surface area contributed by atoms with E-state index in [0.29, 0.717) is 0 Å². The van der Waals surface area contributed by atoms with Crippen molar-refractivity contribution in [3.05, 3.63) is 0 Å². The molecule has 0 rings (SSSR count). The first-order chi connectivity index (χ1) is 4.46. The van der Waals surface area contributed by atoms with E-state index in [1.807, 2.05) is 0 Å². The molecule has 0 unspecified atom stereocenters. The van der Waals surface area contributed by atoms with Crippen LogP contribution in [0.15, 0.2) is 0 Å². The molecule has 0 aliphatic heterocycles. The van der Waals surface area contributed by atoms with Gasteiger partial charge >= 0.3 is 72.2 Å². The topological polar surface area (TPSA) is 9.72 Å². The van der Waals surface area contributed by atoms with Gasteiger partial charge in [-0.2, -0.15) is 0 Å². The summed E-state index contributed by atoms with van der Waals surface area (Å²) in [6.07, 6.45) is 0. The third kappa shape index (κ3) is 5.00. The summed E-state index contributed by atoms with van der Waals surface area (Å²) in [4.78, 5) is 0. The average molecular weight is 268 g/mol. The van der Waals surface area contributed by atoms with Crippen molar-refractivity contribution in [3.63, 3.8) is 0 Å². The normalized spacial score (nSPS) is 11.5. The van der Waals surface area contributed by atoms with Gasteiger partial charge in [0.25, 0.3) is 0 Å². The zero-order chi connectivity index (χ0) is 8.31. The quantitative estimate of drug-likeness (QED) is 0.668. The molecule has 0 aromatic rings. The van der Waals surface area contributed by atoms with Crippen molar-refractivity contribution in [1.29, 1.82) is 0 Å². The molecular formula is C7H23N3Sn. The van der Waals surface area contributed by atoms with Gasteiger partial charge in [-0.15, -0.1) is 0 Å². The van der Waals surface area contributed by atoms with Gasteiger partial charge in [0.1, 0.15) is 0 Å². The van der Waals surface area contributed by atoms with Crippen LogP contribution in [0.4, 0.5) is 0 Å². The van der Waals surface area contributed by atoms with Crippen molar-refractivity contribution in [1.82, 2.24) is 9.36 Å². The fourth-order valence-electron chi connectivity index (χ4n) is 1.39. The Bertz CT molecular complexity index is 74.7. The van der Waals surface area contributed by atoms with E-state index in [-0.39, 0.29) is 7.43 Å². The van der Waals surface area contributed by atoms with E-state index in [0.717, 1.165) is 0 Å². The Labute approximate surface area is 79.8 Å². The van der Waals surface area contributed by atoms with Crippen LogP contribution in [0.25, 0.3) is 0 Å². The fraction of sp³-hybridized carbons (Fsp3) is 1.00. The summed E-state index contributed by atoms with van der Waals surface area (Å²) >= 11 is -1.64. The minimum atomic E-state index is -1.64.